The molecule has 3 aromatic rings. The smallest absolute Gasteiger partial charge is 0.176 e. The molecule has 0 spiro atoms. The molecule has 0 atom stereocenters. The van der Waals surface area contributed by atoms with E-state index in [9.17, 15) is 9.50 Å². The number of nitrogens with zero attached hydrogens (tertiary/aromatic N) is 2. The predicted molar refractivity (Wildman–Crippen MR) is 124 cm³/mol. The van der Waals surface area contributed by atoms with Crippen molar-refractivity contribution in [1.82, 2.24) is 9.88 Å². The Bertz CT molecular complexity index is 1100. The number of phenols is 1. The molecule has 1 aliphatic rings. The summed E-state index contributed by atoms with van der Waals surface area (Å²) < 4.78 is 20.2. The van der Waals surface area contributed by atoms with Crippen molar-refractivity contribution in [1.29, 1.82) is 0 Å². The van der Waals surface area contributed by atoms with Crippen molar-refractivity contribution in [2.75, 3.05) is 26.5 Å². The molecule has 164 valence electrons. The molecule has 0 amide bonds. The number of benzene rings is 2. The number of anilines is 1. The number of ether oxygens (including phenoxy) is 1. The summed E-state index contributed by atoms with van der Waals surface area (Å²) in [6.07, 6.45) is 6.19. The van der Waals surface area contributed by atoms with Crippen LogP contribution in [0.4, 0.5) is 10.1 Å². The summed E-state index contributed by atoms with van der Waals surface area (Å²) in [6.45, 7) is 0. The summed E-state index contributed by atoms with van der Waals surface area (Å²) in [5.41, 5.74) is 2.43. The van der Waals surface area contributed by atoms with Gasteiger partial charge in [0.2, 0.25) is 0 Å². The predicted octanol–water partition coefficient (Wildman–Crippen LogP) is 5.69. The van der Waals surface area contributed by atoms with Crippen molar-refractivity contribution in [2.45, 2.75) is 37.8 Å². The zero-order valence-electron chi connectivity index (χ0n) is 18.0. The van der Waals surface area contributed by atoms with Gasteiger partial charge in [0.1, 0.15) is 5.82 Å². The fourth-order valence-electron chi connectivity index (χ4n) is 4.36. The molecule has 2 aromatic carbocycles. The van der Waals surface area contributed by atoms with Gasteiger partial charge in [-0.25, -0.2) is 4.39 Å². The third kappa shape index (κ3) is 4.41. The molecule has 1 fully saturated rings. The van der Waals surface area contributed by atoms with Crippen molar-refractivity contribution < 1.29 is 14.2 Å². The van der Waals surface area contributed by atoms with Gasteiger partial charge >= 0.3 is 0 Å². The molecule has 0 bridgehead atoms. The summed E-state index contributed by atoms with van der Waals surface area (Å²) in [7, 11) is 5.70. The standard InChI is InChI=1S/C24H27ClFN3O2/c1-29(2)16-6-4-15(5-7-16)28-21-8-9-27-22-13-20(26)17(12-18(21)22)14-10-19(25)24(30)23(11-14)31-3/h8-13,15-16,30H,4-7H2,1-3H3,(H,27,28). The number of rotatable bonds is 5. The highest BCUT2D eigenvalue weighted by atomic mass is 35.5. The molecule has 7 heteroatoms. The lowest BCUT2D eigenvalue weighted by atomic mass is 9.90. The fourth-order valence-corrected chi connectivity index (χ4v) is 4.57. The van der Waals surface area contributed by atoms with Crippen LogP contribution in [0.2, 0.25) is 5.02 Å². The van der Waals surface area contributed by atoms with E-state index in [2.05, 4.69) is 29.3 Å². The largest absolute Gasteiger partial charge is 0.503 e. The average Bonchev–Trinajstić information content (AvgIpc) is 2.75. The Balaban J connectivity index is 1.69. The van der Waals surface area contributed by atoms with Gasteiger partial charge < -0.3 is 20.1 Å². The fraction of sp³-hybridized carbons (Fsp3) is 0.375. The number of halogens is 2. The summed E-state index contributed by atoms with van der Waals surface area (Å²) >= 11 is 6.13. The maximum absolute atomic E-state index is 15.0. The van der Waals surface area contributed by atoms with E-state index in [-0.39, 0.29) is 16.5 Å². The second-order valence-electron chi connectivity index (χ2n) is 8.33. The number of hydrogen-bond acceptors (Lipinski definition) is 5. The molecule has 0 radical (unpaired) electrons. The summed E-state index contributed by atoms with van der Waals surface area (Å²) in [6, 6.07) is 9.28. The minimum atomic E-state index is -0.410. The van der Waals surface area contributed by atoms with Gasteiger partial charge in [-0.15, -0.1) is 0 Å². The van der Waals surface area contributed by atoms with E-state index in [0.717, 1.165) is 36.8 Å². The Morgan fingerprint density at radius 1 is 1.16 bits per heavy atom. The number of fused-ring (bicyclic) bond motifs is 1. The lowest BCUT2D eigenvalue weighted by Crippen LogP contribution is -2.36. The van der Waals surface area contributed by atoms with E-state index < -0.39 is 5.82 Å². The monoisotopic (exact) mass is 443 g/mol. The van der Waals surface area contributed by atoms with Crippen molar-refractivity contribution in [3.63, 3.8) is 0 Å². The number of pyridine rings is 1. The highest BCUT2D eigenvalue weighted by molar-refractivity contribution is 6.32. The Morgan fingerprint density at radius 2 is 1.90 bits per heavy atom. The van der Waals surface area contributed by atoms with Gasteiger partial charge in [-0.3, -0.25) is 4.98 Å². The summed E-state index contributed by atoms with van der Waals surface area (Å²) in [4.78, 5) is 6.65. The lowest BCUT2D eigenvalue weighted by Gasteiger charge is -2.33. The Hall–Kier alpha value is -2.57. The zero-order valence-corrected chi connectivity index (χ0v) is 18.7. The normalized spacial score (nSPS) is 19.0. The molecule has 2 N–H and O–H groups in total. The van der Waals surface area contributed by atoms with Crippen LogP contribution in [-0.2, 0) is 0 Å². The topological polar surface area (TPSA) is 57.6 Å². The van der Waals surface area contributed by atoms with Crippen LogP contribution in [0.25, 0.3) is 22.0 Å². The van der Waals surface area contributed by atoms with Crippen molar-refractivity contribution >= 4 is 28.2 Å². The molecule has 4 rings (SSSR count). The SMILES string of the molecule is COc1cc(-c2cc3c(NC4CCC(N(C)C)CC4)ccnc3cc2F)cc(Cl)c1O. The third-order valence-corrected chi connectivity index (χ3v) is 6.46. The quantitative estimate of drug-likeness (QED) is 0.530. The van der Waals surface area contributed by atoms with Gasteiger partial charge in [0, 0.05) is 41.0 Å². The Kier molecular flexibility index (Phi) is 6.21. The van der Waals surface area contributed by atoms with Gasteiger partial charge in [0.05, 0.1) is 17.6 Å². The molecule has 0 saturated heterocycles. The first kappa shape index (κ1) is 21.7. The summed E-state index contributed by atoms with van der Waals surface area (Å²) in [5, 5.41) is 14.6. The van der Waals surface area contributed by atoms with Crippen LogP contribution in [0.15, 0.2) is 36.5 Å². The molecule has 1 heterocycles. The lowest BCUT2D eigenvalue weighted by molar-refractivity contribution is 0.221. The second kappa shape index (κ2) is 8.89. The minimum absolute atomic E-state index is 0.107. The van der Waals surface area contributed by atoms with E-state index in [4.69, 9.17) is 16.3 Å². The van der Waals surface area contributed by atoms with Crippen LogP contribution in [0.5, 0.6) is 11.5 Å². The molecule has 1 saturated carbocycles. The maximum atomic E-state index is 15.0. The minimum Gasteiger partial charge on any atom is -0.503 e. The van der Waals surface area contributed by atoms with E-state index in [1.807, 2.05) is 6.07 Å². The van der Waals surface area contributed by atoms with Gasteiger partial charge in [-0.2, -0.15) is 0 Å². The first-order chi connectivity index (χ1) is 14.9. The van der Waals surface area contributed by atoms with Crippen LogP contribution < -0.4 is 10.1 Å². The van der Waals surface area contributed by atoms with Gasteiger partial charge in [-0.05, 0) is 69.6 Å². The number of aromatic hydroxyl groups is 1. The number of methoxy groups -OCH3 is 1. The number of aromatic nitrogens is 1. The molecule has 1 aliphatic carbocycles. The van der Waals surface area contributed by atoms with Gasteiger partial charge in [-0.1, -0.05) is 11.6 Å². The molecular formula is C24H27ClFN3O2. The van der Waals surface area contributed by atoms with Crippen LogP contribution >= 0.6 is 11.6 Å². The van der Waals surface area contributed by atoms with Crippen molar-refractivity contribution in [3.05, 3.63) is 47.4 Å². The highest BCUT2D eigenvalue weighted by Crippen LogP contribution is 2.40. The number of nitrogens with one attached hydrogen (secondary N) is 1. The van der Waals surface area contributed by atoms with E-state index in [1.165, 1.54) is 19.2 Å². The molecular weight excluding hydrogens is 417 g/mol. The zero-order chi connectivity index (χ0) is 22.1. The number of hydrogen-bond donors (Lipinski definition) is 2. The summed E-state index contributed by atoms with van der Waals surface area (Å²) in [5.74, 6) is -0.372. The molecule has 31 heavy (non-hydrogen) atoms. The third-order valence-electron chi connectivity index (χ3n) is 6.18. The van der Waals surface area contributed by atoms with Crippen LogP contribution in [0.1, 0.15) is 25.7 Å². The van der Waals surface area contributed by atoms with E-state index >= 15 is 0 Å². The average molecular weight is 444 g/mol. The first-order valence-electron chi connectivity index (χ1n) is 10.5. The van der Waals surface area contributed by atoms with E-state index in [0.29, 0.717) is 28.7 Å². The van der Waals surface area contributed by atoms with Gasteiger partial charge in [0.15, 0.2) is 11.5 Å². The maximum Gasteiger partial charge on any atom is 0.176 e. The molecule has 5 nitrogen and oxygen atoms in total. The molecule has 1 aromatic heterocycles. The Morgan fingerprint density at radius 3 is 2.58 bits per heavy atom. The van der Waals surface area contributed by atoms with Gasteiger partial charge in [0.25, 0.3) is 0 Å². The van der Waals surface area contributed by atoms with Crippen LogP contribution in [0.3, 0.4) is 0 Å². The van der Waals surface area contributed by atoms with Crippen molar-refractivity contribution in [3.8, 4) is 22.6 Å². The highest BCUT2D eigenvalue weighted by Gasteiger charge is 2.23. The Labute approximate surface area is 186 Å². The molecule has 0 aliphatic heterocycles. The van der Waals surface area contributed by atoms with E-state index in [1.54, 1.807) is 18.3 Å². The number of phenolic OH excluding ortho intramolecular Hbond substituents is 1. The van der Waals surface area contributed by atoms with Crippen molar-refractivity contribution in [2.24, 2.45) is 0 Å². The molecule has 0 unspecified atom stereocenters. The van der Waals surface area contributed by atoms with Crippen LogP contribution in [0, 0.1) is 5.82 Å². The first-order valence-corrected chi connectivity index (χ1v) is 10.8. The van der Waals surface area contributed by atoms with Crippen LogP contribution in [-0.4, -0.2) is 48.3 Å². The second-order valence-corrected chi connectivity index (χ2v) is 8.74.